The molecule has 1 aromatic rings. The fourth-order valence-corrected chi connectivity index (χ4v) is 3.38. The fourth-order valence-electron chi connectivity index (χ4n) is 3.25. The van der Waals surface area contributed by atoms with E-state index < -0.39 is 6.04 Å². The lowest BCUT2D eigenvalue weighted by Gasteiger charge is -2.22. The number of benzene rings is 1. The minimum absolute atomic E-state index is 0. The van der Waals surface area contributed by atoms with E-state index in [9.17, 15) is 9.59 Å². The Morgan fingerprint density at radius 1 is 1.22 bits per heavy atom. The van der Waals surface area contributed by atoms with Crippen molar-refractivity contribution in [3.05, 3.63) is 34.9 Å². The Bertz CT molecular complexity index is 567. The molecule has 1 aromatic carbocycles. The van der Waals surface area contributed by atoms with E-state index in [1.807, 2.05) is 4.90 Å². The number of hydrogen-bond donors (Lipinski definition) is 2. The number of hydrogen-bond acceptors (Lipinski definition) is 3. The second-order valence-corrected chi connectivity index (χ2v) is 6.56. The minimum Gasteiger partial charge on any atom is -0.341 e. The van der Waals surface area contributed by atoms with Crippen LogP contribution in [-0.2, 0) is 4.79 Å². The van der Waals surface area contributed by atoms with Gasteiger partial charge in [0.2, 0.25) is 5.91 Å². The molecule has 2 aliphatic rings. The van der Waals surface area contributed by atoms with Crippen LogP contribution >= 0.6 is 24.0 Å². The Morgan fingerprint density at radius 2 is 1.78 bits per heavy atom. The van der Waals surface area contributed by atoms with E-state index in [4.69, 9.17) is 11.6 Å². The van der Waals surface area contributed by atoms with Crippen molar-refractivity contribution in [1.29, 1.82) is 0 Å². The summed E-state index contributed by atoms with van der Waals surface area (Å²) in [4.78, 5) is 26.5. The number of carbonyl (C=O) groups excluding carboxylic acids is 2. The van der Waals surface area contributed by atoms with E-state index in [-0.39, 0.29) is 24.2 Å². The number of amides is 2. The van der Waals surface area contributed by atoms with Gasteiger partial charge in [-0.1, -0.05) is 11.6 Å². The Hall–Kier alpha value is -1.30. The molecule has 126 valence electrons. The van der Waals surface area contributed by atoms with Crippen LogP contribution in [0, 0.1) is 11.8 Å². The Balaban J connectivity index is 0.00000192. The molecule has 0 aliphatic carbocycles. The van der Waals surface area contributed by atoms with Gasteiger partial charge in [0.25, 0.3) is 5.91 Å². The zero-order valence-electron chi connectivity index (χ0n) is 12.9. The van der Waals surface area contributed by atoms with Gasteiger partial charge in [-0.3, -0.25) is 9.59 Å². The van der Waals surface area contributed by atoms with Crippen molar-refractivity contribution >= 4 is 35.8 Å². The van der Waals surface area contributed by atoms with Gasteiger partial charge in [0.05, 0.1) is 0 Å². The summed E-state index contributed by atoms with van der Waals surface area (Å²) in [5, 5.41) is 6.70. The average Bonchev–Trinajstić information content (AvgIpc) is 3.08. The first-order valence-electron chi connectivity index (χ1n) is 7.60. The van der Waals surface area contributed by atoms with Crippen LogP contribution in [0.15, 0.2) is 24.3 Å². The van der Waals surface area contributed by atoms with Gasteiger partial charge in [-0.05, 0) is 43.0 Å². The van der Waals surface area contributed by atoms with Gasteiger partial charge in [0.1, 0.15) is 6.04 Å². The molecule has 2 aliphatic heterocycles. The van der Waals surface area contributed by atoms with Crippen molar-refractivity contribution in [2.45, 2.75) is 13.0 Å². The summed E-state index contributed by atoms with van der Waals surface area (Å²) in [5.74, 6) is 0.863. The van der Waals surface area contributed by atoms with Crippen LogP contribution < -0.4 is 10.6 Å². The summed E-state index contributed by atoms with van der Waals surface area (Å²) >= 11 is 5.81. The van der Waals surface area contributed by atoms with Crippen molar-refractivity contribution < 1.29 is 9.59 Å². The van der Waals surface area contributed by atoms with Crippen molar-refractivity contribution in [3.63, 3.8) is 0 Å². The number of rotatable bonds is 3. The molecule has 0 radical (unpaired) electrons. The van der Waals surface area contributed by atoms with Crippen LogP contribution in [0.2, 0.25) is 5.02 Å². The highest BCUT2D eigenvalue weighted by molar-refractivity contribution is 6.30. The number of halogens is 2. The molecule has 0 saturated carbocycles. The van der Waals surface area contributed by atoms with Crippen molar-refractivity contribution in [3.8, 4) is 0 Å². The van der Waals surface area contributed by atoms with Gasteiger partial charge < -0.3 is 15.5 Å². The summed E-state index contributed by atoms with van der Waals surface area (Å²) in [6.07, 6.45) is 0. The molecule has 23 heavy (non-hydrogen) atoms. The topological polar surface area (TPSA) is 61.4 Å². The number of nitrogens with zero attached hydrogens (tertiary/aromatic N) is 1. The van der Waals surface area contributed by atoms with Gasteiger partial charge in [0, 0.05) is 36.8 Å². The third-order valence-electron chi connectivity index (χ3n) is 4.53. The SMILES string of the molecule is CC(NC(=O)c1ccc(Cl)cc1)C(=O)N1C[C@H]2CNC[C@H]2C1.Cl. The predicted octanol–water partition coefficient (Wildman–Crippen LogP) is 1.56. The molecule has 0 bridgehead atoms. The second kappa shape index (κ2) is 7.51. The highest BCUT2D eigenvalue weighted by Gasteiger charge is 2.39. The highest BCUT2D eigenvalue weighted by Crippen LogP contribution is 2.26. The molecule has 5 nitrogen and oxygen atoms in total. The van der Waals surface area contributed by atoms with Gasteiger partial charge in [-0.15, -0.1) is 12.4 Å². The lowest BCUT2D eigenvalue weighted by Crippen LogP contribution is -2.46. The van der Waals surface area contributed by atoms with E-state index in [1.54, 1.807) is 31.2 Å². The third-order valence-corrected chi connectivity index (χ3v) is 4.78. The molecule has 2 heterocycles. The van der Waals surface area contributed by atoms with Gasteiger partial charge in [0.15, 0.2) is 0 Å². The lowest BCUT2D eigenvalue weighted by molar-refractivity contribution is -0.132. The molecule has 2 fully saturated rings. The maximum absolute atomic E-state index is 12.5. The van der Waals surface area contributed by atoms with Gasteiger partial charge >= 0.3 is 0 Å². The molecule has 0 spiro atoms. The van der Waals surface area contributed by atoms with Crippen molar-refractivity contribution in [1.82, 2.24) is 15.5 Å². The van der Waals surface area contributed by atoms with Crippen LogP contribution in [0.5, 0.6) is 0 Å². The predicted molar refractivity (Wildman–Crippen MR) is 92.1 cm³/mol. The van der Waals surface area contributed by atoms with Crippen LogP contribution in [0.3, 0.4) is 0 Å². The summed E-state index contributed by atoms with van der Waals surface area (Å²) in [6, 6.07) is 6.12. The van der Waals surface area contributed by atoms with Crippen LogP contribution in [0.25, 0.3) is 0 Å². The van der Waals surface area contributed by atoms with Gasteiger partial charge in [-0.2, -0.15) is 0 Å². The standard InChI is InChI=1S/C16H20ClN3O2.ClH/c1-10(19-15(21)11-2-4-14(17)5-3-11)16(22)20-8-12-6-18-7-13(12)9-20;/h2-5,10,12-13,18H,6-9H2,1H3,(H,19,21);1H/t10?,12-,13+;. The van der Waals surface area contributed by atoms with E-state index in [1.165, 1.54) is 0 Å². The first-order chi connectivity index (χ1) is 10.5. The summed E-state index contributed by atoms with van der Waals surface area (Å²) in [6.45, 7) is 5.29. The molecule has 3 atom stereocenters. The Morgan fingerprint density at radius 3 is 2.35 bits per heavy atom. The monoisotopic (exact) mass is 357 g/mol. The van der Waals surface area contributed by atoms with Crippen molar-refractivity contribution in [2.24, 2.45) is 11.8 Å². The summed E-state index contributed by atoms with van der Waals surface area (Å²) in [7, 11) is 0. The molecule has 3 rings (SSSR count). The number of carbonyl (C=O) groups is 2. The van der Waals surface area contributed by atoms with Crippen LogP contribution in [0.4, 0.5) is 0 Å². The van der Waals surface area contributed by atoms with E-state index in [0.29, 0.717) is 22.4 Å². The Labute approximate surface area is 147 Å². The van der Waals surface area contributed by atoms with Crippen LogP contribution in [0.1, 0.15) is 17.3 Å². The molecular weight excluding hydrogens is 337 g/mol. The molecule has 1 unspecified atom stereocenters. The average molecular weight is 358 g/mol. The Kier molecular flexibility index (Phi) is 5.89. The smallest absolute Gasteiger partial charge is 0.251 e. The summed E-state index contributed by atoms with van der Waals surface area (Å²) < 4.78 is 0. The maximum Gasteiger partial charge on any atom is 0.251 e. The zero-order chi connectivity index (χ0) is 15.7. The largest absolute Gasteiger partial charge is 0.341 e. The quantitative estimate of drug-likeness (QED) is 0.862. The molecular formula is C16H21Cl2N3O2. The fraction of sp³-hybridized carbons (Fsp3) is 0.500. The lowest BCUT2D eigenvalue weighted by atomic mass is 10.0. The minimum atomic E-state index is -0.519. The summed E-state index contributed by atoms with van der Waals surface area (Å²) in [5.41, 5.74) is 0.506. The molecule has 2 amide bonds. The third kappa shape index (κ3) is 3.97. The molecule has 2 N–H and O–H groups in total. The first-order valence-corrected chi connectivity index (χ1v) is 7.98. The number of likely N-dealkylation sites (tertiary alicyclic amines) is 1. The number of fused-ring (bicyclic) bond motifs is 1. The second-order valence-electron chi connectivity index (χ2n) is 6.12. The van der Waals surface area contributed by atoms with Crippen molar-refractivity contribution in [2.75, 3.05) is 26.2 Å². The molecule has 0 aromatic heterocycles. The normalized spacial score (nSPS) is 23.8. The highest BCUT2D eigenvalue weighted by atomic mass is 35.5. The zero-order valence-corrected chi connectivity index (χ0v) is 14.5. The van der Waals surface area contributed by atoms with E-state index in [0.717, 1.165) is 26.2 Å². The first kappa shape index (κ1) is 18.0. The van der Waals surface area contributed by atoms with E-state index in [2.05, 4.69) is 10.6 Å². The maximum atomic E-state index is 12.5. The van der Waals surface area contributed by atoms with E-state index >= 15 is 0 Å². The molecule has 7 heteroatoms. The van der Waals surface area contributed by atoms with Crippen LogP contribution in [-0.4, -0.2) is 48.9 Å². The number of nitrogens with one attached hydrogen (secondary N) is 2. The molecule has 2 saturated heterocycles. The van der Waals surface area contributed by atoms with Gasteiger partial charge in [-0.25, -0.2) is 0 Å².